The molecule has 0 aliphatic heterocycles. The van der Waals surface area contributed by atoms with Crippen LogP contribution in [0.1, 0.15) is 65.0 Å². The van der Waals surface area contributed by atoms with Crippen LogP contribution in [0.2, 0.25) is 0 Å². The van der Waals surface area contributed by atoms with Gasteiger partial charge in [0.15, 0.2) is 0 Å². The highest BCUT2D eigenvalue weighted by atomic mass is 14.9. The molecule has 0 fully saturated rings. The van der Waals surface area contributed by atoms with E-state index in [0.29, 0.717) is 5.92 Å². The van der Waals surface area contributed by atoms with Crippen LogP contribution in [0.5, 0.6) is 0 Å². The fourth-order valence-corrected chi connectivity index (χ4v) is 2.24. The van der Waals surface area contributed by atoms with E-state index in [4.69, 9.17) is 0 Å². The SMILES string of the molecule is CC(CCNC(C)(C)C)Cc1ccc(C(C)C)cc1. The molecule has 1 nitrogen and oxygen atoms in total. The van der Waals surface area contributed by atoms with Crippen molar-refractivity contribution in [3.05, 3.63) is 35.4 Å². The second-order valence-electron chi connectivity index (χ2n) is 7.17. The number of rotatable bonds is 6. The molecule has 0 aliphatic rings. The summed E-state index contributed by atoms with van der Waals surface area (Å²) in [5.74, 6) is 1.36. The topological polar surface area (TPSA) is 12.0 Å². The van der Waals surface area contributed by atoms with Gasteiger partial charge in [-0.2, -0.15) is 0 Å². The Balaban J connectivity index is 2.38. The summed E-state index contributed by atoms with van der Waals surface area (Å²) in [5, 5.41) is 3.56. The predicted molar refractivity (Wildman–Crippen MR) is 85.8 cm³/mol. The van der Waals surface area contributed by atoms with Gasteiger partial charge < -0.3 is 5.32 Å². The van der Waals surface area contributed by atoms with Crippen LogP contribution in [0.3, 0.4) is 0 Å². The molecule has 0 heterocycles. The van der Waals surface area contributed by atoms with Gasteiger partial charge in [-0.3, -0.25) is 0 Å². The predicted octanol–water partition coefficient (Wildman–Crippen LogP) is 4.77. The molecular weight excluding hydrogens is 230 g/mol. The van der Waals surface area contributed by atoms with Crippen LogP contribution < -0.4 is 5.32 Å². The van der Waals surface area contributed by atoms with E-state index in [0.717, 1.165) is 12.5 Å². The van der Waals surface area contributed by atoms with E-state index in [-0.39, 0.29) is 5.54 Å². The van der Waals surface area contributed by atoms with E-state index in [2.05, 4.69) is 71.1 Å². The standard InChI is InChI=1S/C18H31N/c1-14(2)17-9-7-16(8-10-17)13-15(3)11-12-19-18(4,5)6/h7-10,14-15,19H,11-13H2,1-6H3. The van der Waals surface area contributed by atoms with Crippen LogP contribution in [-0.4, -0.2) is 12.1 Å². The van der Waals surface area contributed by atoms with Gasteiger partial charge in [-0.25, -0.2) is 0 Å². The molecule has 0 aliphatic carbocycles. The average molecular weight is 261 g/mol. The zero-order chi connectivity index (χ0) is 14.5. The maximum atomic E-state index is 3.56. The lowest BCUT2D eigenvalue weighted by atomic mass is 9.95. The van der Waals surface area contributed by atoms with E-state index >= 15 is 0 Å². The van der Waals surface area contributed by atoms with Gasteiger partial charge in [-0.15, -0.1) is 0 Å². The summed E-state index contributed by atoms with van der Waals surface area (Å²) in [6, 6.07) is 9.15. The molecule has 0 saturated carbocycles. The smallest absolute Gasteiger partial charge is 0.00965 e. The third-order valence-electron chi connectivity index (χ3n) is 3.52. The van der Waals surface area contributed by atoms with Crippen molar-refractivity contribution in [3.63, 3.8) is 0 Å². The molecule has 0 aromatic heterocycles. The lowest BCUT2D eigenvalue weighted by Crippen LogP contribution is -2.37. The number of nitrogens with one attached hydrogen (secondary N) is 1. The van der Waals surface area contributed by atoms with Crippen LogP contribution in [0.15, 0.2) is 24.3 Å². The molecule has 0 amide bonds. The molecule has 0 bridgehead atoms. The van der Waals surface area contributed by atoms with Gasteiger partial charge in [0, 0.05) is 5.54 Å². The molecule has 0 spiro atoms. The Bertz CT molecular complexity index is 356. The molecule has 19 heavy (non-hydrogen) atoms. The van der Waals surface area contributed by atoms with Gasteiger partial charge >= 0.3 is 0 Å². The third kappa shape index (κ3) is 6.77. The first kappa shape index (κ1) is 16.2. The molecule has 1 aromatic rings. The summed E-state index contributed by atoms with van der Waals surface area (Å²) >= 11 is 0. The fraction of sp³-hybridized carbons (Fsp3) is 0.667. The summed E-state index contributed by atoms with van der Waals surface area (Å²) in [5.41, 5.74) is 3.14. The molecule has 108 valence electrons. The van der Waals surface area contributed by atoms with Crippen molar-refractivity contribution < 1.29 is 0 Å². The Kier molecular flexibility index (Phi) is 6.06. The maximum Gasteiger partial charge on any atom is 0.00965 e. The van der Waals surface area contributed by atoms with Gasteiger partial charge in [0.25, 0.3) is 0 Å². The van der Waals surface area contributed by atoms with Crippen molar-refractivity contribution in [2.45, 2.75) is 65.8 Å². The van der Waals surface area contributed by atoms with E-state index in [1.807, 2.05) is 0 Å². The van der Waals surface area contributed by atoms with Crippen LogP contribution in [0.4, 0.5) is 0 Å². The van der Waals surface area contributed by atoms with Gasteiger partial charge in [0.05, 0.1) is 0 Å². The molecule has 1 unspecified atom stereocenters. The minimum absolute atomic E-state index is 0.235. The molecule has 0 radical (unpaired) electrons. The van der Waals surface area contributed by atoms with Crippen molar-refractivity contribution in [1.29, 1.82) is 0 Å². The van der Waals surface area contributed by atoms with Crippen LogP contribution in [0.25, 0.3) is 0 Å². The van der Waals surface area contributed by atoms with Crippen molar-refractivity contribution in [3.8, 4) is 0 Å². The van der Waals surface area contributed by atoms with Crippen LogP contribution in [0, 0.1) is 5.92 Å². The van der Waals surface area contributed by atoms with E-state index in [1.165, 1.54) is 24.0 Å². The first-order chi connectivity index (χ1) is 8.78. The summed E-state index contributed by atoms with van der Waals surface area (Å²) in [6.45, 7) is 14.6. The highest BCUT2D eigenvalue weighted by Gasteiger charge is 2.10. The molecule has 1 N–H and O–H groups in total. The molecular formula is C18H31N. The van der Waals surface area contributed by atoms with Gasteiger partial charge in [0.1, 0.15) is 0 Å². The second kappa shape index (κ2) is 7.09. The van der Waals surface area contributed by atoms with E-state index in [9.17, 15) is 0 Å². The summed E-state index contributed by atoms with van der Waals surface area (Å²) in [6.07, 6.45) is 2.42. The summed E-state index contributed by atoms with van der Waals surface area (Å²) in [7, 11) is 0. The molecule has 1 aromatic carbocycles. The van der Waals surface area contributed by atoms with E-state index < -0.39 is 0 Å². The number of hydrogen-bond donors (Lipinski definition) is 1. The Morgan fingerprint density at radius 1 is 1.00 bits per heavy atom. The monoisotopic (exact) mass is 261 g/mol. The maximum absolute atomic E-state index is 3.56. The second-order valence-corrected chi connectivity index (χ2v) is 7.17. The Morgan fingerprint density at radius 2 is 1.58 bits per heavy atom. The zero-order valence-corrected chi connectivity index (χ0v) is 13.6. The lowest BCUT2D eigenvalue weighted by molar-refractivity contribution is 0.394. The first-order valence-electron chi connectivity index (χ1n) is 7.62. The third-order valence-corrected chi connectivity index (χ3v) is 3.52. The number of hydrogen-bond acceptors (Lipinski definition) is 1. The first-order valence-corrected chi connectivity index (χ1v) is 7.62. The van der Waals surface area contributed by atoms with Crippen LogP contribution >= 0.6 is 0 Å². The van der Waals surface area contributed by atoms with Crippen molar-refractivity contribution in [2.24, 2.45) is 5.92 Å². The van der Waals surface area contributed by atoms with Crippen molar-refractivity contribution >= 4 is 0 Å². The molecule has 1 heteroatoms. The van der Waals surface area contributed by atoms with Crippen molar-refractivity contribution in [2.75, 3.05) is 6.54 Å². The minimum Gasteiger partial charge on any atom is -0.312 e. The molecule has 0 saturated heterocycles. The highest BCUT2D eigenvalue weighted by molar-refractivity contribution is 5.24. The minimum atomic E-state index is 0.235. The fourth-order valence-electron chi connectivity index (χ4n) is 2.24. The molecule has 1 atom stereocenters. The quantitative estimate of drug-likeness (QED) is 0.778. The molecule has 1 rings (SSSR count). The van der Waals surface area contributed by atoms with Gasteiger partial charge in [0.2, 0.25) is 0 Å². The average Bonchev–Trinajstić information content (AvgIpc) is 2.27. The van der Waals surface area contributed by atoms with Gasteiger partial charge in [-0.1, -0.05) is 45.0 Å². The largest absolute Gasteiger partial charge is 0.312 e. The van der Waals surface area contributed by atoms with E-state index in [1.54, 1.807) is 0 Å². The Labute approximate surface area is 119 Å². The van der Waals surface area contributed by atoms with Crippen LogP contribution in [-0.2, 0) is 6.42 Å². The van der Waals surface area contributed by atoms with Crippen molar-refractivity contribution in [1.82, 2.24) is 5.32 Å². The lowest BCUT2D eigenvalue weighted by Gasteiger charge is -2.22. The summed E-state index contributed by atoms with van der Waals surface area (Å²) in [4.78, 5) is 0. The zero-order valence-electron chi connectivity index (χ0n) is 13.6. The Hall–Kier alpha value is -0.820. The summed E-state index contributed by atoms with van der Waals surface area (Å²) < 4.78 is 0. The Morgan fingerprint density at radius 3 is 2.05 bits per heavy atom. The van der Waals surface area contributed by atoms with Gasteiger partial charge in [-0.05, 0) is 63.1 Å². The normalized spacial score (nSPS) is 13.8. The highest BCUT2D eigenvalue weighted by Crippen LogP contribution is 2.17. The number of benzene rings is 1.